The molecule has 5 rings (SSSR count). The summed E-state index contributed by atoms with van der Waals surface area (Å²) >= 11 is 1.64. The molecule has 0 unspecified atom stereocenters. The predicted molar refractivity (Wildman–Crippen MR) is 119 cm³/mol. The van der Waals surface area contributed by atoms with E-state index in [1.54, 1.807) is 17.6 Å². The number of furan rings is 1. The van der Waals surface area contributed by atoms with E-state index in [0.29, 0.717) is 19.1 Å². The van der Waals surface area contributed by atoms with Crippen LogP contribution in [0.15, 0.2) is 40.7 Å². The van der Waals surface area contributed by atoms with Crippen LogP contribution in [0.3, 0.4) is 0 Å². The van der Waals surface area contributed by atoms with E-state index in [9.17, 15) is 4.79 Å². The lowest BCUT2D eigenvalue weighted by atomic mass is 9.75. The van der Waals surface area contributed by atoms with Crippen molar-refractivity contribution in [1.82, 2.24) is 24.3 Å². The molecular weight excluding hydrogens is 410 g/mol. The number of likely N-dealkylation sites (tertiary alicyclic amines) is 2. The molecule has 0 radical (unpaired) electrons. The third kappa shape index (κ3) is 3.72. The fraction of sp³-hybridized carbons (Fsp3) is 0.522. The van der Waals surface area contributed by atoms with E-state index in [1.807, 2.05) is 30.3 Å². The standard InChI is InChI=1S/C23H29N5O2S/c1-16(2)28-12-21(24-15-28)20-11-26(10-19-5-4-8-30-19)14-23(20)6-7-27(22(23)29)9-18-13-31-17(3)25-18/h4-5,8,12-13,15-16,20H,6-7,9-11,14H2,1-3H3/t20-,23-/m0/s1. The predicted octanol–water partition coefficient (Wildman–Crippen LogP) is 3.84. The van der Waals surface area contributed by atoms with Gasteiger partial charge in [0.2, 0.25) is 5.91 Å². The van der Waals surface area contributed by atoms with E-state index in [-0.39, 0.29) is 11.8 Å². The first-order chi connectivity index (χ1) is 14.9. The van der Waals surface area contributed by atoms with Crippen LogP contribution in [0.2, 0.25) is 0 Å². The molecule has 0 N–H and O–H groups in total. The number of nitrogens with zero attached hydrogens (tertiary/aromatic N) is 5. The molecule has 0 saturated carbocycles. The summed E-state index contributed by atoms with van der Waals surface area (Å²) in [6, 6.07) is 4.27. The van der Waals surface area contributed by atoms with Gasteiger partial charge in [-0.25, -0.2) is 9.97 Å². The van der Waals surface area contributed by atoms with Gasteiger partial charge in [0.05, 0.1) is 47.5 Å². The summed E-state index contributed by atoms with van der Waals surface area (Å²) in [6.45, 7) is 9.93. The van der Waals surface area contributed by atoms with Crippen LogP contribution >= 0.6 is 11.3 Å². The minimum Gasteiger partial charge on any atom is -0.468 e. The van der Waals surface area contributed by atoms with E-state index in [4.69, 9.17) is 9.40 Å². The summed E-state index contributed by atoms with van der Waals surface area (Å²) in [6.07, 6.45) is 6.59. The molecule has 3 aromatic heterocycles. The highest BCUT2D eigenvalue weighted by atomic mass is 32.1. The molecule has 164 valence electrons. The SMILES string of the molecule is Cc1nc(CN2CC[C@@]3(CN(Cc4ccco4)C[C@H]3c3cn(C(C)C)cn3)C2=O)cs1. The first kappa shape index (κ1) is 20.5. The van der Waals surface area contributed by atoms with Gasteiger partial charge in [-0.15, -0.1) is 11.3 Å². The summed E-state index contributed by atoms with van der Waals surface area (Å²) in [5.41, 5.74) is 1.57. The molecule has 2 aliphatic heterocycles. The second-order valence-electron chi connectivity index (χ2n) is 9.13. The maximum Gasteiger partial charge on any atom is 0.231 e. The number of aryl methyl sites for hydroxylation is 1. The molecule has 2 aliphatic rings. The van der Waals surface area contributed by atoms with Crippen molar-refractivity contribution >= 4 is 17.2 Å². The summed E-state index contributed by atoms with van der Waals surface area (Å²) in [5.74, 6) is 1.25. The molecule has 3 aromatic rings. The summed E-state index contributed by atoms with van der Waals surface area (Å²) in [5, 5.41) is 3.10. The van der Waals surface area contributed by atoms with Crippen LogP contribution in [0.1, 0.15) is 54.4 Å². The van der Waals surface area contributed by atoms with Gasteiger partial charge in [0.25, 0.3) is 0 Å². The van der Waals surface area contributed by atoms with E-state index < -0.39 is 5.41 Å². The Kier molecular flexibility index (Phi) is 5.22. The highest BCUT2D eigenvalue weighted by Gasteiger charge is 2.57. The molecule has 5 heterocycles. The number of rotatable bonds is 6. The molecule has 1 spiro atoms. The quantitative estimate of drug-likeness (QED) is 0.584. The van der Waals surface area contributed by atoms with E-state index in [1.165, 1.54) is 0 Å². The summed E-state index contributed by atoms with van der Waals surface area (Å²) in [4.78, 5) is 27.5. The molecule has 8 heteroatoms. The zero-order valence-electron chi connectivity index (χ0n) is 18.3. The molecule has 2 saturated heterocycles. The average molecular weight is 440 g/mol. The van der Waals surface area contributed by atoms with Crippen molar-refractivity contribution in [2.24, 2.45) is 5.41 Å². The van der Waals surface area contributed by atoms with Gasteiger partial charge in [0, 0.05) is 43.2 Å². The summed E-state index contributed by atoms with van der Waals surface area (Å²) < 4.78 is 7.72. The van der Waals surface area contributed by atoms with Crippen LogP contribution in [0.25, 0.3) is 0 Å². The van der Waals surface area contributed by atoms with Crippen molar-refractivity contribution in [2.75, 3.05) is 19.6 Å². The number of thiazole rings is 1. The normalized spacial score (nSPS) is 24.3. The fourth-order valence-corrected chi connectivity index (χ4v) is 5.70. The molecule has 0 aromatic carbocycles. The minimum atomic E-state index is -0.437. The first-order valence-corrected chi connectivity index (χ1v) is 11.8. The molecule has 0 aliphatic carbocycles. The van der Waals surface area contributed by atoms with Crippen molar-refractivity contribution in [1.29, 1.82) is 0 Å². The van der Waals surface area contributed by atoms with Gasteiger partial charge in [0.15, 0.2) is 0 Å². The van der Waals surface area contributed by atoms with Crippen LogP contribution in [0.4, 0.5) is 0 Å². The molecule has 2 fully saturated rings. The van der Waals surface area contributed by atoms with Crippen molar-refractivity contribution in [3.8, 4) is 0 Å². The van der Waals surface area contributed by atoms with Crippen molar-refractivity contribution in [2.45, 2.75) is 52.2 Å². The molecular formula is C23H29N5O2S. The lowest BCUT2D eigenvalue weighted by molar-refractivity contribution is -0.136. The first-order valence-electron chi connectivity index (χ1n) is 10.9. The molecule has 7 nitrogen and oxygen atoms in total. The number of imidazole rings is 1. The highest BCUT2D eigenvalue weighted by Crippen LogP contribution is 2.50. The maximum atomic E-state index is 13.8. The van der Waals surface area contributed by atoms with Crippen LogP contribution in [0.5, 0.6) is 0 Å². The van der Waals surface area contributed by atoms with Crippen molar-refractivity contribution in [3.63, 3.8) is 0 Å². The van der Waals surface area contributed by atoms with Crippen molar-refractivity contribution in [3.05, 3.63) is 58.5 Å². The topological polar surface area (TPSA) is 67.4 Å². The van der Waals surface area contributed by atoms with Gasteiger partial charge in [-0.1, -0.05) is 0 Å². The lowest BCUT2D eigenvalue weighted by Crippen LogP contribution is -2.39. The van der Waals surface area contributed by atoms with E-state index in [0.717, 1.165) is 48.2 Å². The van der Waals surface area contributed by atoms with Crippen molar-refractivity contribution < 1.29 is 9.21 Å². The molecule has 1 amide bonds. The second kappa shape index (κ2) is 7.91. The average Bonchev–Trinajstić information content (AvgIpc) is 3.53. The Morgan fingerprint density at radius 1 is 1.35 bits per heavy atom. The number of carbonyl (C=O) groups is 1. The van der Waals surface area contributed by atoms with E-state index >= 15 is 0 Å². The van der Waals surface area contributed by atoms with Gasteiger partial charge < -0.3 is 13.9 Å². The second-order valence-corrected chi connectivity index (χ2v) is 10.2. The molecule has 0 bridgehead atoms. The zero-order valence-corrected chi connectivity index (χ0v) is 19.1. The third-order valence-corrected chi connectivity index (χ3v) is 7.53. The Hall–Kier alpha value is -2.45. The lowest BCUT2D eigenvalue weighted by Gasteiger charge is -2.28. The van der Waals surface area contributed by atoms with Crippen LogP contribution in [-0.2, 0) is 17.9 Å². The van der Waals surface area contributed by atoms with Gasteiger partial charge in [-0.05, 0) is 39.3 Å². The van der Waals surface area contributed by atoms with E-state index in [2.05, 4.69) is 39.9 Å². The Morgan fingerprint density at radius 3 is 2.90 bits per heavy atom. The number of hydrogen-bond acceptors (Lipinski definition) is 6. The fourth-order valence-electron chi connectivity index (χ4n) is 5.10. The monoisotopic (exact) mass is 439 g/mol. The van der Waals surface area contributed by atoms with Gasteiger partial charge in [0.1, 0.15) is 5.76 Å². The zero-order chi connectivity index (χ0) is 21.6. The van der Waals surface area contributed by atoms with Crippen LogP contribution < -0.4 is 0 Å². The Balaban J connectivity index is 1.43. The van der Waals surface area contributed by atoms with Crippen LogP contribution in [0, 0.1) is 12.3 Å². The summed E-state index contributed by atoms with van der Waals surface area (Å²) in [7, 11) is 0. The Morgan fingerprint density at radius 2 is 2.23 bits per heavy atom. The smallest absolute Gasteiger partial charge is 0.231 e. The molecule has 31 heavy (non-hydrogen) atoms. The maximum absolute atomic E-state index is 13.8. The van der Waals surface area contributed by atoms with Gasteiger partial charge >= 0.3 is 0 Å². The van der Waals surface area contributed by atoms with Gasteiger partial charge in [-0.2, -0.15) is 0 Å². The highest BCUT2D eigenvalue weighted by molar-refractivity contribution is 7.09. The molecule has 2 atom stereocenters. The number of hydrogen-bond donors (Lipinski definition) is 0. The number of amides is 1. The number of aromatic nitrogens is 3. The Bertz CT molecular complexity index is 1060. The number of carbonyl (C=O) groups excluding carboxylic acids is 1. The Labute approximate surface area is 186 Å². The minimum absolute atomic E-state index is 0.0807. The third-order valence-electron chi connectivity index (χ3n) is 6.71. The van der Waals surface area contributed by atoms with Crippen LogP contribution in [-0.4, -0.2) is 49.9 Å². The van der Waals surface area contributed by atoms with Gasteiger partial charge in [-0.3, -0.25) is 9.69 Å². The largest absolute Gasteiger partial charge is 0.468 e.